The molecule has 2 aliphatic heterocycles. The van der Waals surface area contributed by atoms with Gasteiger partial charge in [0.15, 0.2) is 0 Å². The van der Waals surface area contributed by atoms with Crippen LogP contribution < -0.4 is 10.6 Å². The quantitative estimate of drug-likeness (QED) is 0.718. The van der Waals surface area contributed by atoms with Gasteiger partial charge in [-0.3, -0.25) is 19.3 Å². The molecule has 1 saturated heterocycles. The van der Waals surface area contributed by atoms with Gasteiger partial charge in [-0.1, -0.05) is 0 Å². The third-order valence-electron chi connectivity index (χ3n) is 3.54. The molecule has 1 atom stereocenters. The molecular formula is C13H13N3O3. The molecule has 0 aromatic heterocycles. The van der Waals surface area contributed by atoms with E-state index in [1.807, 2.05) is 0 Å². The minimum absolute atomic E-state index is 0.0578. The van der Waals surface area contributed by atoms with Crippen molar-refractivity contribution in [2.75, 3.05) is 18.5 Å². The lowest BCUT2D eigenvalue weighted by Gasteiger charge is -2.16. The van der Waals surface area contributed by atoms with Gasteiger partial charge in [-0.2, -0.15) is 0 Å². The molecule has 6 nitrogen and oxygen atoms in total. The van der Waals surface area contributed by atoms with Crippen LogP contribution in [0.4, 0.5) is 5.69 Å². The lowest BCUT2D eigenvalue weighted by molar-refractivity contribution is -0.117. The Morgan fingerprint density at radius 2 is 1.84 bits per heavy atom. The maximum absolute atomic E-state index is 11.9. The Bertz CT molecular complexity index is 611. The van der Waals surface area contributed by atoms with Crippen LogP contribution in [0.5, 0.6) is 0 Å². The predicted octanol–water partition coefficient (Wildman–Crippen LogP) is -0.0236. The first-order valence-electron chi connectivity index (χ1n) is 6.01. The monoisotopic (exact) mass is 259 g/mol. The molecule has 0 bridgehead atoms. The zero-order valence-corrected chi connectivity index (χ0v) is 10.4. The summed E-state index contributed by atoms with van der Waals surface area (Å²) in [4.78, 5) is 38.1. The number of imide groups is 1. The number of carbonyl (C=O) groups is 3. The van der Waals surface area contributed by atoms with Crippen molar-refractivity contribution in [1.82, 2.24) is 4.90 Å². The molecule has 3 amide bonds. The lowest BCUT2D eigenvalue weighted by atomic mass is 10.1. The summed E-state index contributed by atoms with van der Waals surface area (Å²) in [5.41, 5.74) is 7.09. The van der Waals surface area contributed by atoms with Crippen LogP contribution >= 0.6 is 0 Å². The summed E-state index contributed by atoms with van der Waals surface area (Å²) in [6, 6.07) is 4.68. The molecule has 2 heterocycles. The van der Waals surface area contributed by atoms with Crippen LogP contribution in [0.3, 0.4) is 0 Å². The van der Waals surface area contributed by atoms with Gasteiger partial charge in [0.25, 0.3) is 11.8 Å². The van der Waals surface area contributed by atoms with Crippen molar-refractivity contribution in [2.45, 2.75) is 12.5 Å². The number of fused-ring (bicyclic) bond motifs is 1. The molecule has 98 valence electrons. The Hall–Kier alpha value is -2.21. The second-order valence-corrected chi connectivity index (χ2v) is 4.87. The highest BCUT2D eigenvalue weighted by molar-refractivity contribution is 6.21. The summed E-state index contributed by atoms with van der Waals surface area (Å²) in [7, 11) is 1.45. The Morgan fingerprint density at radius 3 is 2.47 bits per heavy atom. The van der Waals surface area contributed by atoms with Gasteiger partial charge in [0.2, 0.25) is 5.91 Å². The van der Waals surface area contributed by atoms with Crippen molar-refractivity contribution >= 4 is 23.4 Å². The molecular weight excluding hydrogens is 246 g/mol. The fourth-order valence-electron chi connectivity index (χ4n) is 2.50. The van der Waals surface area contributed by atoms with E-state index in [0.717, 1.165) is 4.90 Å². The van der Waals surface area contributed by atoms with Crippen LogP contribution in [0.1, 0.15) is 27.1 Å². The fourth-order valence-corrected chi connectivity index (χ4v) is 2.50. The van der Waals surface area contributed by atoms with E-state index in [0.29, 0.717) is 29.8 Å². The number of amides is 3. The number of benzene rings is 1. The van der Waals surface area contributed by atoms with Crippen LogP contribution in [0, 0.1) is 0 Å². The number of hydrogen-bond acceptors (Lipinski definition) is 4. The maximum atomic E-state index is 11.9. The molecule has 1 unspecified atom stereocenters. The fraction of sp³-hybridized carbons (Fsp3) is 0.308. The summed E-state index contributed by atoms with van der Waals surface area (Å²) in [6.07, 6.45) is 0.309. The minimum atomic E-state index is -0.335. The summed E-state index contributed by atoms with van der Waals surface area (Å²) < 4.78 is 0. The van der Waals surface area contributed by atoms with Crippen molar-refractivity contribution in [2.24, 2.45) is 5.73 Å². The zero-order chi connectivity index (χ0) is 13.7. The molecule has 2 N–H and O–H groups in total. The number of anilines is 1. The third kappa shape index (κ3) is 1.64. The third-order valence-corrected chi connectivity index (χ3v) is 3.54. The summed E-state index contributed by atoms with van der Waals surface area (Å²) in [6.45, 7) is 0.440. The average molecular weight is 259 g/mol. The topological polar surface area (TPSA) is 83.7 Å². The van der Waals surface area contributed by atoms with Gasteiger partial charge in [0.1, 0.15) is 0 Å². The molecule has 1 fully saturated rings. The molecule has 2 aliphatic rings. The number of hydrogen-bond donors (Lipinski definition) is 1. The van der Waals surface area contributed by atoms with Crippen LogP contribution in [0.25, 0.3) is 0 Å². The normalized spacial score (nSPS) is 22.4. The first kappa shape index (κ1) is 11.9. The average Bonchev–Trinajstić information content (AvgIpc) is 2.83. The first-order valence-corrected chi connectivity index (χ1v) is 6.01. The van der Waals surface area contributed by atoms with Crippen molar-refractivity contribution < 1.29 is 14.4 Å². The van der Waals surface area contributed by atoms with E-state index in [9.17, 15) is 14.4 Å². The number of rotatable bonds is 1. The largest absolute Gasteiger partial charge is 0.326 e. The second kappa shape index (κ2) is 3.89. The molecule has 3 rings (SSSR count). The van der Waals surface area contributed by atoms with Crippen molar-refractivity contribution in [3.8, 4) is 0 Å². The molecule has 19 heavy (non-hydrogen) atoms. The van der Waals surface area contributed by atoms with Gasteiger partial charge in [-0.05, 0) is 18.2 Å². The standard InChI is InChI=1S/C13H13N3O3/c1-15-12(18)9-3-2-8(5-10(9)13(15)19)16-6-7(14)4-11(16)17/h2-3,5,7H,4,6,14H2,1H3. The van der Waals surface area contributed by atoms with Crippen molar-refractivity contribution in [3.05, 3.63) is 29.3 Å². The predicted molar refractivity (Wildman–Crippen MR) is 67.8 cm³/mol. The van der Waals surface area contributed by atoms with Crippen LogP contribution in [0.15, 0.2) is 18.2 Å². The molecule has 0 spiro atoms. The molecule has 6 heteroatoms. The van der Waals surface area contributed by atoms with Crippen LogP contribution in [-0.4, -0.2) is 42.3 Å². The Balaban J connectivity index is 2.02. The highest BCUT2D eigenvalue weighted by atomic mass is 16.2. The number of nitrogens with zero attached hydrogens (tertiary/aromatic N) is 2. The smallest absolute Gasteiger partial charge is 0.261 e. The van der Waals surface area contributed by atoms with E-state index >= 15 is 0 Å². The Kier molecular flexibility index (Phi) is 2.43. The van der Waals surface area contributed by atoms with Gasteiger partial charge in [0.05, 0.1) is 11.1 Å². The molecule has 1 aromatic rings. The van der Waals surface area contributed by atoms with Gasteiger partial charge in [-0.25, -0.2) is 0 Å². The van der Waals surface area contributed by atoms with E-state index in [1.54, 1.807) is 23.1 Å². The summed E-state index contributed by atoms with van der Waals surface area (Å²) >= 11 is 0. The van der Waals surface area contributed by atoms with E-state index in [2.05, 4.69) is 0 Å². The summed E-state index contributed by atoms with van der Waals surface area (Å²) in [5.74, 6) is -0.702. The van der Waals surface area contributed by atoms with E-state index < -0.39 is 0 Å². The highest BCUT2D eigenvalue weighted by Gasteiger charge is 2.34. The first-order chi connectivity index (χ1) is 8.99. The summed E-state index contributed by atoms with van der Waals surface area (Å²) in [5, 5.41) is 0. The van der Waals surface area contributed by atoms with Gasteiger partial charge in [0, 0.05) is 31.7 Å². The van der Waals surface area contributed by atoms with Crippen molar-refractivity contribution in [3.63, 3.8) is 0 Å². The molecule has 1 aromatic carbocycles. The van der Waals surface area contributed by atoms with Crippen molar-refractivity contribution in [1.29, 1.82) is 0 Å². The maximum Gasteiger partial charge on any atom is 0.261 e. The van der Waals surface area contributed by atoms with E-state index in [1.165, 1.54) is 7.05 Å². The molecule has 0 aliphatic carbocycles. The number of nitrogens with two attached hydrogens (primary N) is 1. The highest BCUT2D eigenvalue weighted by Crippen LogP contribution is 2.28. The Morgan fingerprint density at radius 1 is 1.16 bits per heavy atom. The second-order valence-electron chi connectivity index (χ2n) is 4.87. The van der Waals surface area contributed by atoms with Crippen LogP contribution in [-0.2, 0) is 4.79 Å². The molecule has 0 radical (unpaired) electrons. The molecule has 0 saturated carbocycles. The van der Waals surface area contributed by atoms with Gasteiger partial charge in [-0.15, -0.1) is 0 Å². The van der Waals surface area contributed by atoms with Crippen LogP contribution in [0.2, 0.25) is 0 Å². The van der Waals surface area contributed by atoms with Gasteiger partial charge < -0.3 is 10.6 Å². The lowest BCUT2D eigenvalue weighted by Crippen LogP contribution is -2.28. The zero-order valence-electron chi connectivity index (χ0n) is 10.4. The van der Waals surface area contributed by atoms with E-state index in [-0.39, 0.29) is 23.8 Å². The Labute approximate surface area is 109 Å². The number of carbonyl (C=O) groups excluding carboxylic acids is 3. The minimum Gasteiger partial charge on any atom is -0.326 e. The van der Waals surface area contributed by atoms with E-state index in [4.69, 9.17) is 5.73 Å². The SMILES string of the molecule is CN1C(=O)c2ccc(N3CC(N)CC3=O)cc2C1=O. The van der Waals surface area contributed by atoms with Gasteiger partial charge >= 0.3 is 0 Å².